The van der Waals surface area contributed by atoms with E-state index in [1.807, 2.05) is 12.2 Å². The van der Waals surface area contributed by atoms with Gasteiger partial charge in [-0.3, -0.25) is 0 Å². The van der Waals surface area contributed by atoms with Crippen LogP contribution in [0.2, 0.25) is 0 Å². The Morgan fingerprint density at radius 1 is 1.22 bits per heavy atom. The third kappa shape index (κ3) is 6.38. The molecular weight excluding hydrogens is 220 g/mol. The minimum Gasteiger partial charge on any atom is -0.311 e. The molecule has 2 N–H and O–H groups in total. The van der Waals surface area contributed by atoms with E-state index in [0.29, 0.717) is 0 Å². The van der Waals surface area contributed by atoms with E-state index in [0.717, 1.165) is 26.2 Å². The molecule has 0 radical (unpaired) electrons. The monoisotopic (exact) mass is 244 g/mol. The van der Waals surface area contributed by atoms with Crippen LogP contribution in [0.5, 0.6) is 0 Å². The second kappa shape index (κ2) is 9.63. The van der Waals surface area contributed by atoms with Gasteiger partial charge >= 0.3 is 0 Å². The Morgan fingerprint density at radius 3 is 2.72 bits per heavy atom. The van der Waals surface area contributed by atoms with Gasteiger partial charge in [0.25, 0.3) is 0 Å². The fourth-order valence-electron chi connectivity index (χ4n) is 1.79. The Morgan fingerprint density at radius 2 is 2.06 bits per heavy atom. The fraction of sp³-hybridized carbons (Fsp3) is 0.375. The summed E-state index contributed by atoms with van der Waals surface area (Å²) in [7, 11) is 0. The molecule has 2 nitrogen and oxygen atoms in total. The highest BCUT2D eigenvalue weighted by atomic mass is 14.9. The molecule has 0 aromatic heterocycles. The standard InChI is InChI=1S/C16H24N2/c1-3-8-15(4-2)13-17-11-12-18-14-16-9-6-5-7-10-16/h3-4,6,8-10,17-18H,1-2,5,7,11-14H2/b15-8+. The minimum absolute atomic E-state index is 0.847. The average Bonchev–Trinajstić information content (AvgIpc) is 2.42. The predicted octanol–water partition coefficient (Wildman–Crippen LogP) is 2.74. The van der Waals surface area contributed by atoms with Gasteiger partial charge in [0.15, 0.2) is 0 Å². The summed E-state index contributed by atoms with van der Waals surface area (Å²) in [5.41, 5.74) is 2.57. The second-order valence-electron chi connectivity index (χ2n) is 4.29. The molecule has 0 unspecified atom stereocenters. The summed E-state index contributed by atoms with van der Waals surface area (Å²) in [4.78, 5) is 0. The van der Waals surface area contributed by atoms with Crippen LogP contribution in [0.1, 0.15) is 12.8 Å². The molecule has 18 heavy (non-hydrogen) atoms. The van der Waals surface area contributed by atoms with Crippen molar-refractivity contribution in [1.82, 2.24) is 10.6 Å². The van der Waals surface area contributed by atoms with Crippen molar-refractivity contribution in [2.24, 2.45) is 0 Å². The first kappa shape index (κ1) is 14.7. The van der Waals surface area contributed by atoms with Gasteiger partial charge in [0.1, 0.15) is 0 Å². The number of hydrogen-bond acceptors (Lipinski definition) is 2. The molecule has 0 fully saturated rings. The van der Waals surface area contributed by atoms with Crippen LogP contribution in [0.3, 0.4) is 0 Å². The third-order valence-corrected chi connectivity index (χ3v) is 2.80. The Hall–Kier alpha value is -1.38. The van der Waals surface area contributed by atoms with Crippen molar-refractivity contribution in [3.8, 4) is 0 Å². The van der Waals surface area contributed by atoms with E-state index in [2.05, 4.69) is 42.0 Å². The van der Waals surface area contributed by atoms with Gasteiger partial charge in [-0.05, 0) is 24.0 Å². The first-order valence-electron chi connectivity index (χ1n) is 6.58. The molecule has 0 atom stereocenters. The molecule has 0 saturated carbocycles. The van der Waals surface area contributed by atoms with Crippen LogP contribution in [0.4, 0.5) is 0 Å². The lowest BCUT2D eigenvalue weighted by molar-refractivity contribution is 0.656. The Bertz CT molecular complexity index is 348. The van der Waals surface area contributed by atoms with Gasteiger partial charge in [-0.2, -0.15) is 0 Å². The molecule has 0 saturated heterocycles. The zero-order valence-corrected chi connectivity index (χ0v) is 11.1. The quantitative estimate of drug-likeness (QED) is 0.481. The van der Waals surface area contributed by atoms with Crippen LogP contribution in [0.15, 0.2) is 60.8 Å². The lowest BCUT2D eigenvalue weighted by Crippen LogP contribution is -2.29. The van der Waals surface area contributed by atoms with E-state index < -0.39 is 0 Å². The number of hydrogen-bond donors (Lipinski definition) is 2. The maximum Gasteiger partial charge on any atom is 0.0205 e. The summed E-state index contributed by atoms with van der Waals surface area (Å²) in [5.74, 6) is 0. The number of nitrogens with one attached hydrogen (secondary N) is 2. The van der Waals surface area contributed by atoms with Crippen LogP contribution in [-0.2, 0) is 0 Å². The molecule has 0 spiro atoms. The predicted molar refractivity (Wildman–Crippen MR) is 80.7 cm³/mol. The van der Waals surface area contributed by atoms with Gasteiger partial charge in [-0.15, -0.1) is 0 Å². The highest BCUT2D eigenvalue weighted by Crippen LogP contribution is 2.07. The summed E-state index contributed by atoms with van der Waals surface area (Å²) in [6.45, 7) is 11.2. The number of allylic oxidation sites excluding steroid dienone is 4. The topological polar surface area (TPSA) is 24.1 Å². The molecule has 1 aliphatic carbocycles. The number of rotatable bonds is 9. The van der Waals surface area contributed by atoms with E-state index >= 15 is 0 Å². The molecule has 0 amide bonds. The summed E-state index contributed by atoms with van der Waals surface area (Å²) < 4.78 is 0. The van der Waals surface area contributed by atoms with Gasteiger partial charge in [-0.1, -0.05) is 49.6 Å². The van der Waals surface area contributed by atoms with E-state index in [9.17, 15) is 0 Å². The molecular formula is C16H24N2. The first-order valence-corrected chi connectivity index (χ1v) is 6.58. The Labute approximate surface area is 111 Å². The van der Waals surface area contributed by atoms with Crippen molar-refractivity contribution in [2.75, 3.05) is 26.2 Å². The molecule has 2 heteroatoms. The SMILES string of the molecule is C=C/C=C(\C=C)CNCCNCC1=CCCC=C1. The molecule has 0 aromatic carbocycles. The van der Waals surface area contributed by atoms with Crippen LogP contribution in [-0.4, -0.2) is 26.2 Å². The first-order chi connectivity index (χ1) is 8.86. The summed E-state index contributed by atoms with van der Waals surface area (Å²) >= 11 is 0. The molecule has 98 valence electrons. The lowest BCUT2D eigenvalue weighted by atomic mass is 10.1. The normalized spacial score (nSPS) is 15.3. The van der Waals surface area contributed by atoms with Crippen LogP contribution < -0.4 is 10.6 Å². The van der Waals surface area contributed by atoms with Gasteiger partial charge in [0, 0.05) is 26.2 Å². The third-order valence-electron chi connectivity index (χ3n) is 2.80. The molecule has 0 bridgehead atoms. The summed E-state index contributed by atoms with van der Waals surface area (Å²) in [5, 5.41) is 6.80. The van der Waals surface area contributed by atoms with Crippen LogP contribution in [0, 0.1) is 0 Å². The zero-order chi connectivity index (χ0) is 13.1. The van der Waals surface area contributed by atoms with Crippen molar-refractivity contribution >= 4 is 0 Å². The highest BCUT2D eigenvalue weighted by Gasteiger charge is 1.96. The zero-order valence-electron chi connectivity index (χ0n) is 11.1. The van der Waals surface area contributed by atoms with Crippen LogP contribution in [0.25, 0.3) is 0 Å². The van der Waals surface area contributed by atoms with Crippen molar-refractivity contribution in [3.05, 3.63) is 60.8 Å². The summed E-state index contributed by atoms with van der Waals surface area (Å²) in [6, 6.07) is 0. The highest BCUT2D eigenvalue weighted by molar-refractivity contribution is 5.23. The van der Waals surface area contributed by atoms with Crippen molar-refractivity contribution in [3.63, 3.8) is 0 Å². The Kier molecular flexibility index (Phi) is 7.85. The van der Waals surface area contributed by atoms with Gasteiger partial charge in [0.2, 0.25) is 0 Å². The second-order valence-corrected chi connectivity index (χ2v) is 4.29. The molecule has 1 rings (SSSR count). The van der Waals surface area contributed by atoms with Gasteiger partial charge < -0.3 is 10.6 Å². The minimum atomic E-state index is 0.847. The smallest absolute Gasteiger partial charge is 0.0205 e. The molecule has 1 aliphatic rings. The molecule has 0 aliphatic heterocycles. The molecule has 0 heterocycles. The van der Waals surface area contributed by atoms with Gasteiger partial charge in [-0.25, -0.2) is 0 Å². The van der Waals surface area contributed by atoms with E-state index in [1.165, 1.54) is 24.0 Å². The van der Waals surface area contributed by atoms with Crippen molar-refractivity contribution in [2.45, 2.75) is 12.8 Å². The van der Waals surface area contributed by atoms with E-state index in [1.54, 1.807) is 6.08 Å². The van der Waals surface area contributed by atoms with E-state index in [-0.39, 0.29) is 0 Å². The van der Waals surface area contributed by atoms with Crippen LogP contribution >= 0.6 is 0 Å². The largest absolute Gasteiger partial charge is 0.311 e. The fourth-order valence-corrected chi connectivity index (χ4v) is 1.79. The lowest BCUT2D eigenvalue weighted by Gasteiger charge is -2.09. The summed E-state index contributed by atoms with van der Waals surface area (Å²) in [6.07, 6.45) is 14.8. The Balaban J connectivity index is 2.03. The van der Waals surface area contributed by atoms with E-state index in [4.69, 9.17) is 0 Å². The van der Waals surface area contributed by atoms with Crippen molar-refractivity contribution < 1.29 is 0 Å². The average molecular weight is 244 g/mol. The maximum atomic E-state index is 3.77. The van der Waals surface area contributed by atoms with Crippen molar-refractivity contribution in [1.29, 1.82) is 0 Å². The molecule has 0 aromatic rings. The maximum absolute atomic E-state index is 3.77. The van der Waals surface area contributed by atoms with Gasteiger partial charge in [0.05, 0.1) is 0 Å².